The molecule has 94 valence electrons. The summed E-state index contributed by atoms with van der Waals surface area (Å²) >= 11 is 0. The molecule has 1 rings (SSSR count). The lowest BCUT2D eigenvalue weighted by Gasteiger charge is -2.15. The smallest absolute Gasteiger partial charge is 0.337 e. The Kier molecular flexibility index (Phi) is 4.78. The first-order chi connectivity index (χ1) is 8.04. The van der Waals surface area contributed by atoms with Crippen molar-refractivity contribution in [2.75, 3.05) is 24.3 Å². The van der Waals surface area contributed by atoms with Crippen LogP contribution in [0.1, 0.15) is 24.2 Å². The number of ether oxygens (including phenoxy) is 1. The number of carboxylic acid groups (broad SMARTS) is 1. The summed E-state index contributed by atoms with van der Waals surface area (Å²) in [6.45, 7) is 5.19. The van der Waals surface area contributed by atoms with E-state index >= 15 is 0 Å². The highest BCUT2D eigenvalue weighted by Gasteiger charge is 2.09. The number of aromatic carboxylic acids is 1. The Morgan fingerprint density at radius 3 is 2.82 bits per heavy atom. The molecule has 0 bridgehead atoms. The maximum atomic E-state index is 10.8. The van der Waals surface area contributed by atoms with Crippen molar-refractivity contribution in [3.05, 3.63) is 23.8 Å². The van der Waals surface area contributed by atoms with Crippen LogP contribution < -0.4 is 11.1 Å². The van der Waals surface area contributed by atoms with Gasteiger partial charge in [0, 0.05) is 24.0 Å². The molecule has 1 aromatic rings. The minimum atomic E-state index is -1.02. The Morgan fingerprint density at radius 1 is 1.59 bits per heavy atom. The number of nitrogen functional groups attached to an aromatic ring is 1. The highest BCUT2D eigenvalue weighted by atomic mass is 16.5. The Labute approximate surface area is 101 Å². The van der Waals surface area contributed by atoms with E-state index in [1.54, 1.807) is 12.1 Å². The molecule has 4 N–H and O–H groups in total. The number of benzene rings is 1. The van der Waals surface area contributed by atoms with E-state index in [0.29, 0.717) is 13.2 Å². The summed E-state index contributed by atoms with van der Waals surface area (Å²) in [6.07, 6.45) is 0. The normalized spacial score (nSPS) is 12.1. The first-order valence-electron chi connectivity index (χ1n) is 5.51. The Bertz CT molecular complexity index is 393. The Morgan fingerprint density at radius 2 is 2.29 bits per heavy atom. The van der Waals surface area contributed by atoms with E-state index in [1.165, 1.54) is 6.07 Å². The van der Waals surface area contributed by atoms with Crippen LogP contribution in [-0.4, -0.2) is 30.3 Å². The van der Waals surface area contributed by atoms with Gasteiger partial charge >= 0.3 is 5.97 Å². The zero-order valence-corrected chi connectivity index (χ0v) is 10.1. The molecule has 5 nitrogen and oxygen atoms in total. The quantitative estimate of drug-likeness (QED) is 0.658. The highest BCUT2D eigenvalue weighted by molar-refractivity contribution is 5.94. The Balaban J connectivity index is 2.67. The van der Waals surface area contributed by atoms with Crippen molar-refractivity contribution in [1.82, 2.24) is 0 Å². The van der Waals surface area contributed by atoms with Crippen molar-refractivity contribution < 1.29 is 14.6 Å². The number of carboxylic acids is 1. The second-order valence-electron chi connectivity index (χ2n) is 3.81. The zero-order valence-electron chi connectivity index (χ0n) is 10.1. The minimum absolute atomic E-state index is 0.119. The SMILES string of the molecule is CCOCC(C)Nc1ccc(C(=O)O)c(N)c1. The van der Waals surface area contributed by atoms with Crippen LogP contribution in [0.2, 0.25) is 0 Å². The number of nitrogens with two attached hydrogens (primary N) is 1. The number of anilines is 2. The van der Waals surface area contributed by atoms with Gasteiger partial charge in [0.05, 0.1) is 12.2 Å². The van der Waals surface area contributed by atoms with Crippen LogP contribution in [0.5, 0.6) is 0 Å². The molecule has 17 heavy (non-hydrogen) atoms. The van der Waals surface area contributed by atoms with Crippen LogP contribution in [0.25, 0.3) is 0 Å². The summed E-state index contributed by atoms with van der Waals surface area (Å²) in [5.74, 6) is -1.02. The summed E-state index contributed by atoms with van der Waals surface area (Å²) in [5.41, 5.74) is 6.81. The summed E-state index contributed by atoms with van der Waals surface area (Å²) in [7, 11) is 0. The van der Waals surface area contributed by atoms with Gasteiger partial charge in [0.25, 0.3) is 0 Å². The summed E-state index contributed by atoms with van der Waals surface area (Å²) in [6, 6.07) is 4.95. The van der Waals surface area contributed by atoms with Gasteiger partial charge in [0.2, 0.25) is 0 Å². The molecular weight excluding hydrogens is 220 g/mol. The van der Waals surface area contributed by atoms with Crippen molar-refractivity contribution in [2.24, 2.45) is 0 Å². The van der Waals surface area contributed by atoms with Crippen LogP contribution in [0.4, 0.5) is 11.4 Å². The summed E-state index contributed by atoms with van der Waals surface area (Å²) in [4.78, 5) is 10.8. The van der Waals surface area contributed by atoms with Crippen LogP contribution >= 0.6 is 0 Å². The van der Waals surface area contributed by atoms with Gasteiger partial charge in [0.15, 0.2) is 0 Å². The van der Waals surface area contributed by atoms with Gasteiger partial charge in [-0.1, -0.05) is 0 Å². The molecule has 0 aromatic heterocycles. The molecule has 1 unspecified atom stereocenters. The average Bonchev–Trinajstić information content (AvgIpc) is 2.26. The third-order valence-corrected chi connectivity index (χ3v) is 2.27. The fraction of sp³-hybridized carbons (Fsp3) is 0.417. The van der Waals surface area contributed by atoms with Crippen LogP contribution in [0.3, 0.4) is 0 Å². The molecule has 0 aliphatic heterocycles. The first kappa shape index (κ1) is 13.3. The van der Waals surface area contributed by atoms with E-state index in [1.807, 2.05) is 13.8 Å². The van der Waals surface area contributed by atoms with Crippen molar-refractivity contribution >= 4 is 17.3 Å². The maximum absolute atomic E-state index is 10.8. The number of hydrogen-bond donors (Lipinski definition) is 3. The van der Waals surface area contributed by atoms with Crippen LogP contribution in [0, 0.1) is 0 Å². The monoisotopic (exact) mass is 238 g/mol. The lowest BCUT2D eigenvalue weighted by Crippen LogP contribution is -2.21. The summed E-state index contributed by atoms with van der Waals surface area (Å²) < 4.78 is 5.27. The first-order valence-corrected chi connectivity index (χ1v) is 5.51. The molecule has 0 fully saturated rings. The molecule has 0 amide bonds. The van der Waals surface area contributed by atoms with E-state index in [4.69, 9.17) is 15.6 Å². The van der Waals surface area contributed by atoms with Crippen molar-refractivity contribution in [2.45, 2.75) is 19.9 Å². The van der Waals surface area contributed by atoms with E-state index in [2.05, 4.69) is 5.32 Å². The van der Waals surface area contributed by atoms with Gasteiger partial charge in [-0.05, 0) is 32.0 Å². The molecule has 0 heterocycles. The average molecular weight is 238 g/mol. The van der Waals surface area contributed by atoms with Gasteiger partial charge in [-0.25, -0.2) is 4.79 Å². The molecule has 0 saturated heterocycles. The lowest BCUT2D eigenvalue weighted by atomic mass is 10.1. The highest BCUT2D eigenvalue weighted by Crippen LogP contribution is 2.18. The van der Waals surface area contributed by atoms with Crippen LogP contribution in [-0.2, 0) is 4.74 Å². The zero-order chi connectivity index (χ0) is 12.8. The van der Waals surface area contributed by atoms with Crippen molar-refractivity contribution in [3.63, 3.8) is 0 Å². The molecule has 1 aromatic carbocycles. The largest absolute Gasteiger partial charge is 0.478 e. The van der Waals surface area contributed by atoms with Crippen molar-refractivity contribution in [1.29, 1.82) is 0 Å². The molecule has 0 radical (unpaired) electrons. The molecule has 1 atom stereocenters. The molecular formula is C12H18N2O3. The Hall–Kier alpha value is -1.75. The summed E-state index contributed by atoms with van der Waals surface area (Å²) in [5, 5.41) is 12.0. The minimum Gasteiger partial charge on any atom is -0.478 e. The van der Waals surface area contributed by atoms with Gasteiger partial charge in [-0.2, -0.15) is 0 Å². The van der Waals surface area contributed by atoms with Gasteiger partial charge < -0.3 is 20.9 Å². The second-order valence-corrected chi connectivity index (χ2v) is 3.81. The molecule has 0 aliphatic rings. The fourth-order valence-electron chi connectivity index (χ4n) is 1.47. The molecule has 0 saturated carbocycles. The second kappa shape index (κ2) is 6.10. The lowest BCUT2D eigenvalue weighted by molar-refractivity contribution is 0.0698. The molecule has 5 heteroatoms. The van der Waals surface area contributed by atoms with E-state index in [0.717, 1.165) is 5.69 Å². The number of nitrogens with one attached hydrogen (secondary N) is 1. The number of rotatable bonds is 6. The third kappa shape index (κ3) is 3.96. The topological polar surface area (TPSA) is 84.6 Å². The van der Waals surface area contributed by atoms with Crippen LogP contribution in [0.15, 0.2) is 18.2 Å². The maximum Gasteiger partial charge on any atom is 0.337 e. The van der Waals surface area contributed by atoms with E-state index < -0.39 is 5.97 Å². The van der Waals surface area contributed by atoms with Gasteiger partial charge in [-0.3, -0.25) is 0 Å². The van der Waals surface area contributed by atoms with Gasteiger partial charge in [0.1, 0.15) is 0 Å². The fourth-order valence-corrected chi connectivity index (χ4v) is 1.47. The number of hydrogen-bond acceptors (Lipinski definition) is 4. The van der Waals surface area contributed by atoms with Crippen molar-refractivity contribution in [3.8, 4) is 0 Å². The van der Waals surface area contributed by atoms with Gasteiger partial charge in [-0.15, -0.1) is 0 Å². The third-order valence-electron chi connectivity index (χ3n) is 2.27. The predicted molar refractivity (Wildman–Crippen MR) is 67.4 cm³/mol. The predicted octanol–water partition coefficient (Wildman–Crippen LogP) is 1.80. The number of carbonyl (C=O) groups is 1. The molecule has 0 spiro atoms. The standard InChI is InChI=1S/C12H18N2O3/c1-3-17-7-8(2)14-9-4-5-10(12(15)16)11(13)6-9/h4-6,8,14H,3,7,13H2,1-2H3,(H,15,16). The molecule has 0 aliphatic carbocycles. The van der Waals surface area contributed by atoms with E-state index in [-0.39, 0.29) is 17.3 Å². The van der Waals surface area contributed by atoms with E-state index in [9.17, 15) is 4.79 Å².